The highest BCUT2D eigenvalue weighted by atomic mass is 32.2. The zero-order valence-corrected chi connectivity index (χ0v) is 8.56. The fourth-order valence-corrected chi connectivity index (χ4v) is 1.94. The van der Waals surface area contributed by atoms with Crippen molar-refractivity contribution in [3.8, 4) is 6.07 Å². The monoisotopic (exact) mass is 195 g/mol. The first-order valence-electron chi connectivity index (χ1n) is 4.32. The van der Waals surface area contributed by atoms with E-state index in [-0.39, 0.29) is 0 Å². The van der Waals surface area contributed by atoms with Crippen molar-refractivity contribution in [1.29, 1.82) is 5.26 Å². The third-order valence-corrected chi connectivity index (χ3v) is 2.82. The van der Waals surface area contributed by atoms with Gasteiger partial charge < -0.3 is 4.42 Å². The fraction of sp³-hybridized carbons (Fsp3) is 0.500. The maximum absolute atomic E-state index is 8.32. The molecule has 0 spiro atoms. The van der Waals surface area contributed by atoms with E-state index in [0.29, 0.717) is 6.42 Å². The number of thioether (sulfide) groups is 1. The summed E-state index contributed by atoms with van der Waals surface area (Å²) in [6.07, 6.45) is 3.35. The minimum absolute atomic E-state index is 0.657. The van der Waals surface area contributed by atoms with Crippen molar-refractivity contribution >= 4 is 11.8 Å². The van der Waals surface area contributed by atoms with Crippen molar-refractivity contribution in [2.45, 2.75) is 25.5 Å². The average molecular weight is 195 g/mol. The third-order valence-electron chi connectivity index (χ3n) is 1.78. The van der Waals surface area contributed by atoms with E-state index in [1.54, 1.807) is 6.26 Å². The van der Waals surface area contributed by atoms with Crippen molar-refractivity contribution in [2.24, 2.45) is 0 Å². The number of aryl methyl sites for hydroxylation is 1. The first-order valence-corrected chi connectivity index (χ1v) is 5.47. The molecule has 3 heteroatoms. The van der Waals surface area contributed by atoms with Crippen LogP contribution in [-0.4, -0.2) is 5.75 Å². The number of furan rings is 1. The van der Waals surface area contributed by atoms with Gasteiger partial charge in [0, 0.05) is 6.42 Å². The number of unbranched alkanes of at least 4 members (excludes halogenated alkanes) is 1. The molecule has 13 heavy (non-hydrogen) atoms. The Bertz CT molecular complexity index is 287. The van der Waals surface area contributed by atoms with Gasteiger partial charge in [-0.05, 0) is 30.7 Å². The van der Waals surface area contributed by atoms with E-state index in [9.17, 15) is 0 Å². The first kappa shape index (κ1) is 10.2. The highest BCUT2D eigenvalue weighted by Crippen LogP contribution is 2.17. The molecule has 70 valence electrons. The first-order chi connectivity index (χ1) is 6.34. The van der Waals surface area contributed by atoms with Gasteiger partial charge >= 0.3 is 0 Å². The van der Waals surface area contributed by atoms with Crippen LogP contribution in [0.4, 0.5) is 0 Å². The summed E-state index contributed by atoms with van der Waals surface area (Å²) in [6.45, 7) is 2.05. The summed E-state index contributed by atoms with van der Waals surface area (Å²) in [6, 6.07) is 4.11. The van der Waals surface area contributed by atoms with E-state index in [4.69, 9.17) is 9.68 Å². The Morgan fingerprint density at radius 3 is 3.08 bits per heavy atom. The second-order valence-corrected chi connectivity index (χ2v) is 3.95. The number of hydrogen-bond acceptors (Lipinski definition) is 3. The van der Waals surface area contributed by atoms with E-state index in [2.05, 4.69) is 13.0 Å². The SMILES string of the molecule is Cc1ccoc1CSCCCC#N. The summed E-state index contributed by atoms with van der Waals surface area (Å²) in [4.78, 5) is 0. The normalized spacial score (nSPS) is 9.85. The molecule has 0 unspecified atom stereocenters. The molecule has 0 aromatic carbocycles. The zero-order chi connectivity index (χ0) is 9.52. The lowest BCUT2D eigenvalue weighted by Crippen LogP contribution is -1.83. The highest BCUT2D eigenvalue weighted by molar-refractivity contribution is 7.98. The van der Waals surface area contributed by atoms with Gasteiger partial charge in [-0.25, -0.2) is 0 Å². The van der Waals surface area contributed by atoms with Crippen LogP contribution in [0.5, 0.6) is 0 Å². The molecule has 0 saturated carbocycles. The average Bonchev–Trinajstić information content (AvgIpc) is 2.52. The maximum Gasteiger partial charge on any atom is 0.116 e. The molecule has 1 heterocycles. The molecular formula is C10H13NOS. The van der Waals surface area contributed by atoms with Crippen LogP contribution in [0, 0.1) is 18.3 Å². The Hall–Kier alpha value is -0.880. The van der Waals surface area contributed by atoms with Crippen molar-refractivity contribution in [2.75, 3.05) is 5.75 Å². The Morgan fingerprint density at radius 1 is 1.62 bits per heavy atom. The molecule has 1 aromatic rings. The summed E-state index contributed by atoms with van der Waals surface area (Å²) in [7, 11) is 0. The molecule has 0 aliphatic heterocycles. The number of nitriles is 1. The van der Waals surface area contributed by atoms with E-state index >= 15 is 0 Å². The molecule has 0 aliphatic carbocycles. The predicted octanol–water partition coefficient (Wildman–Crippen LogP) is 3.13. The van der Waals surface area contributed by atoms with Gasteiger partial charge in [0.2, 0.25) is 0 Å². The maximum atomic E-state index is 8.32. The molecule has 0 fully saturated rings. The van der Waals surface area contributed by atoms with E-state index < -0.39 is 0 Å². The van der Waals surface area contributed by atoms with Crippen molar-refractivity contribution in [3.63, 3.8) is 0 Å². The highest BCUT2D eigenvalue weighted by Gasteiger charge is 2.00. The van der Waals surface area contributed by atoms with Crippen LogP contribution >= 0.6 is 11.8 Å². The van der Waals surface area contributed by atoms with Gasteiger partial charge in [-0.3, -0.25) is 0 Å². The molecule has 0 saturated heterocycles. The van der Waals surface area contributed by atoms with Crippen LogP contribution in [0.15, 0.2) is 16.7 Å². The van der Waals surface area contributed by atoms with Crippen molar-refractivity contribution in [1.82, 2.24) is 0 Å². The quantitative estimate of drug-likeness (QED) is 0.677. The summed E-state index contributed by atoms with van der Waals surface area (Å²) in [5.41, 5.74) is 1.22. The van der Waals surface area contributed by atoms with Gasteiger partial charge in [0.25, 0.3) is 0 Å². The summed E-state index contributed by atoms with van der Waals surface area (Å²) >= 11 is 1.82. The molecule has 2 nitrogen and oxygen atoms in total. The van der Waals surface area contributed by atoms with Crippen LogP contribution < -0.4 is 0 Å². The van der Waals surface area contributed by atoms with Crippen LogP contribution in [0.2, 0.25) is 0 Å². The van der Waals surface area contributed by atoms with Crippen LogP contribution in [0.25, 0.3) is 0 Å². The summed E-state index contributed by atoms with van der Waals surface area (Å²) in [5, 5.41) is 8.32. The lowest BCUT2D eigenvalue weighted by molar-refractivity contribution is 0.528. The van der Waals surface area contributed by atoms with Gasteiger partial charge in [-0.2, -0.15) is 17.0 Å². The topological polar surface area (TPSA) is 36.9 Å². The lowest BCUT2D eigenvalue weighted by Gasteiger charge is -1.97. The second-order valence-electron chi connectivity index (χ2n) is 2.84. The Morgan fingerprint density at radius 2 is 2.46 bits per heavy atom. The third kappa shape index (κ3) is 3.56. The molecule has 0 amide bonds. The molecule has 0 atom stereocenters. The van der Waals surface area contributed by atoms with E-state index in [1.807, 2.05) is 17.8 Å². The molecule has 1 rings (SSSR count). The van der Waals surface area contributed by atoms with Gasteiger partial charge in [0.1, 0.15) is 5.76 Å². The van der Waals surface area contributed by atoms with Crippen molar-refractivity contribution in [3.05, 3.63) is 23.7 Å². The largest absolute Gasteiger partial charge is 0.468 e. The predicted molar refractivity (Wildman–Crippen MR) is 54.5 cm³/mol. The number of hydrogen-bond donors (Lipinski definition) is 0. The Labute approximate surface area is 82.9 Å². The standard InChI is InChI=1S/C10H13NOS/c1-9-4-6-12-10(9)8-13-7-3-2-5-11/h4,6H,2-3,7-8H2,1H3. The molecule has 0 aliphatic rings. The smallest absolute Gasteiger partial charge is 0.116 e. The molecular weight excluding hydrogens is 182 g/mol. The zero-order valence-electron chi connectivity index (χ0n) is 7.75. The second kappa shape index (κ2) is 5.71. The number of rotatable bonds is 5. The Kier molecular flexibility index (Phi) is 4.48. The molecule has 1 aromatic heterocycles. The van der Waals surface area contributed by atoms with Crippen LogP contribution in [-0.2, 0) is 5.75 Å². The van der Waals surface area contributed by atoms with Crippen LogP contribution in [0.3, 0.4) is 0 Å². The summed E-state index contributed by atoms with van der Waals surface area (Å²) < 4.78 is 5.28. The minimum Gasteiger partial charge on any atom is -0.468 e. The molecule has 0 bridgehead atoms. The van der Waals surface area contributed by atoms with Gasteiger partial charge in [0.05, 0.1) is 18.1 Å². The minimum atomic E-state index is 0.657. The van der Waals surface area contributed by atoms with Gasteiger partial charge in [-0.1, -0.05) is 0 Å². The lowest BCUT2D eigenvalue weighted by atomic mass is 10.3. The number of nitrogens with zero attached hydrogens (tertiary/aromatic N) is 1. The van der Waals surface area contributed by atoms with E-state index in [0.717, 1.165) is 23.7 Å². The summed E-state index contributed by atoms with van der Waals surface area (Å²) in [5.74, 6) is 3.01. The van der Waals surface area contributed by atoms with Crippen LogP contribution in [0.1, 0.15) is 24.2 Å². The van der Waals surface area contributed by atoms with Crippen molar-refractivity contribution < 1.29 is 4.42 Å². The molecule has 0 N–H and O–H groups in total. The Balaban J connectivity index is 2.14. The molecule has 0 radical (unpaired) electrons. The fourth-order valence-electron chi connectivity index (χ4n) is 0.970. The van der Waals surface area contributed by atoms with Gasteiger partial charge in [0.15, 0.2) is 0 Å². The van der Waals surface area contributed by atoms with E-state index in [1.165, 1.54) is 5.56 Å². The van der Waals surface area contributed by atoms with Gasteiger partial charge in [-0.15, -0.1) is 0 Å².